The van der Waals surface area contributed by atoms with Crippen LogP contribution in [0.5, 0.6) is 0 Å². The van der Waals surface area contributed by atoms with Crippen LogP contribution in [0.4, 0.5) is 5.82 Å². The van der Waals surface area contributed by atoms with Crippen LogP contribution in [0, 0.1) is 6.92 Å². The van der Waals surface area contributed by atoms with Crippen molar-refractivity contribution in [3.8, 4) is 0 Å². The van der Waals surface area contributed by atoms with Gasteiger partial charge in [-0.25, -0.2) is 14.8 Å². The summed E-state index contributed by atoms with van der Waals surface area (Å²) in [5, 5.41) is 0. The molecule has 23 heavy (non-hydrogen) atoms. The third-order valence-electron chi connectivity index (χ3n) is 3.52. The zero-order valence-electron chi connectivity index (χ0n) is 13.4. The van der Waals surface area contributed by atoms with E-state index < -0.39 is 5.97 Å². The van der Waals surface area contributed by atoms with Gasteiger partial charge in [0.15, 0.2) is 0 Å². The molecule has 3 rings (SSSR count). The Balaban J connectivity index is 1.69. The van der Waals surface area contributed by atoms with E-state index in [0.717, 1.165) is 17.0 Å². The first kappa shape index (κ1) is 15.0. The third kappa shape index (κ3) is 3.15. The van der Waals surface area contributed by atoms with Crippen LogP contribution in [0.2, 0.25) is 0 Å². The molecule has 3 heterocycles. The molecular formula is C17H18N4O2. The lowest BCUT2D eigenvalue weighted by Gasteiger charge is -2.10. The summed E-state index contributed by atoms with van der Waals surface area (Å²) in [5.74, 6) is 0.383. The molecule has 0 aromatic carbocycles. The molecule has 118 valence electrons. The van der Waals surface area contributed by atoms with E-state index in [-0.39, 0.29) is 6.61 Å². The fourth-order valence-corrected chi connectivity index (χ4v) is 2.27. The van der Waals surface area contributed by atoms with E-state index >= 15 is 0 Å². The molecule has 0 aliphatic heterocycles. The molecule has 0 radical (unpaired) electrons. The topological polar surface area (TPSA) is 59.7 Å². The van der Waals surface area contributed by atoms with Crippen molar-refractivity contribution in [3.63, 3.8) is 0 Å². The molecule has 6 heteroatoms. The fraction of sp³-hybridized carbons (Fsp3) is 0.235. The lowest BCUT2D eigenvalue weighted by Crippen LogP contribution is -2.11. The molecule has 0 fully saturated rings. The number of aryl methyl sites for hydroxylation is 1. The predicted molar refractivity (Wildman–Crippen MR) is 87.6 cm³/mol. The first-order valence-corrected chi connectivity index (χ1v) is 7.28. The second-order valence-corrected chi connectivity index (χ2v) is 5.53. The van der Waals surface area contributed by atoms with Gasteiger partial charge in [0.25, 0.3) is 0 Å². The van der Waals surface area contributed by atoms with Crippen LogP contribution in [0.15, 0.2) is 42.9 Å². The van der Waals surface area contributed by atoms with Crippen LogP contribution in [-0.4, -0.2) is 34.4 Å². The first-order chi connectivity index (χ1) is 11.0. The van der Waals surface area contributed by atoms with Crippen molar-refractivity contribution in [2.75, 3.05) is 19.0 Å². The summed E-state index contributed by atoms with van der Waals surface area (Å²) in [6.45, 7) is 2.13. The highest BCUT2D eigenvalue weighted by molar-refractivity contribution is 5.89. The largest absolute Gasteiger partial charge is 0.455 e. The number of aromatic nitrogens is 3. The van der Waals surface area contributed by atoms with Gasteiger partial charge < -0.3 is 14.0 Å². The SMILES string of the molecule is Cc1cccn2cc(COC(=O)c3ccc(N(C)C)nc3)nc12. The van der Waals surface area contributed by atoms with Gasteiger partial charge in [0, 0.05) is 32.7 Å². The predicted octanol–water partition coefficient (Wildman–Crippen LogP) is 2.46. The van der Waals surface area contributed by atoms with Crippen LogP contribution in [0.3, 0.4) is 0 Å². The zero-order valence-corrected chi connectivity index (χ0v) is 13.4. The van der Waals surface area contributed by atoms with Crippen molar-refractivity contribution < 1.29 is 9.53 Å². The number of hydrogen-bond donors (Lipinski definition) is 0. The summed E-state index contributed by atoms with van der Waals surface area (Å²) >= 11 is 0. The van der Waals surface area contributed by atoms with Gasteiger partial charge in [-0.1, -0.05) is 6.07 Å². The van der Waals surface area contributed by atoms with E-state index in [1.807, 2.05) is 54.8 Å². The number of esters is 1. The number of nitrogens with zero attached hydrogens (tertiary/aromatic N) is 4. The van der Waals surface area contributed by atoms with Crippen molar-refractivity contribution in [2.24, 2.45) is 0 Å². The summed E-state index contributed by atoms with van der Waals surface area (Å²) in [4.78, 5) is 22.6. The third-order valence-corrected chi connectivity index (χ3v) is 3.52. The normalized spacial score (nSPS) is 10.7. The second-order valence-electron chi connectivity index (χ2n) is 5.53. The van der Waals surface area contributed by atoms with Gasteiger partial charge in [-0.15, -0.1) is 0 Å². The summed E-state index contributed by atoms with van der Waals surface area (Å²) in [5.41, 5.74) is 3.09. The second kappa shape index (κ2) is 6.08. The maximum absolute atomic E-state index is 12.1. The molecule has 0 unspecified atom stereocenters. The molecule has 0 saturated carbocycles. The number of ether oxygens (including phenoxy) is 1. The van der Waals surface area contributed by atoms with Crippen LogP contribution < -0.4 is 4.90 Å². The summed E-state index contributed by atoms with van der Waals surface area (Å²) in [6, 6.07) is 7.44. The molecule has 6 nitrogen and oxygen atoms in total. The minimum Gasteiger partial charge on any atom is -0.455 e. The molecule has 0 N–H and O–H groups in total. The lowest BCUT2D eigenvalue weighted by molar-refractivity contribution is 0.0468. The van der Waals surface area contributed by atoms with Gasteiger partial charge >= 0.3 is 5.97 Å². The van der Waals surface area contributed by atoms with Gasteiger partial charge in [0.05, 0.1) is 11.3 Å². The van der Waals surface area contributed by atoms with Crippen molar-refractivity contribution in [2.45, 2.75) is 13.5 Å². The molecule has 0 spiro atoms. The maximum Gasteiger partial charge on any atom is 0.340 e. The number of fused-ring (bicyclic) bond motifs is 1. The lowest BCUT2D eigenvalue weighted by atomic mass is 10.3. The number of hydrogen-bond acceptors (Lipinski definition) is 5. The molecule has 0 saturated heterocycles. The Labute approximate surface area is 134 Å². The van der Waals surface area contributed by atoms with Crippen LogP contribution in [-0.2, 0) is 11.3 Å². The smallest absolute Gasteiger partial charge is 0.340 e. The Morgan fingerprint density at radius 2 is 2.13 bits per heavy atom. The summed E-state index contributed by atoms with van der Waals surface area (Å²) < 4.78 is 7.24. The molecular weight excluding hydrogens is 292 g/mol. The van der Waals surface area contributed by atoms with Crippen LogP contribution in [0.25, 0.3) is 5.65 Å². The number of pyridine rings is 2. The zero-order chi connectivity index (χ0) is 16.4. The Morgan fingerprint density at radius 1 is 1.30 bits per heavy atom. The molecule has 0 atom stereocenters. The van der Waals surface area contributed by atoms with Crippen molar-refractivity contribution >= 4 is 17.4 Å². The number of carbonyl (C=O) groups excluding carboxylic acids is 1. The molecule has 0 aliphatic carbocycles. The number of anilines is 1. The monoisotopic (exact) mass is 310 g/mol. The van der Waals surface area contributed by atoms with Crippen molar-refractivity contribution in [1.29, 1.82) is 0 Å². The van der Waals surface area contributed by atoms with Crippen molar-refractivity contribution in [1.82, 2.24) is 14.4 Å². The van der Waals surface area contributed by atoms with E-state index in [4.69, 9.17) is 4.74 Å². The van der Waals surface area contributed by atoms with E-state index in [0.29, 0.717) is 11.3 Å². The van der Waals surface area contributed by atoms with E-state index in [1.165, 1.54) is 6.20 Å². The highest BCUT2D eigenvalue weighted by atomic mass is 16.5. The molecule has 0 bridgehead atoms. The van der Waals surface area contributed by atoms with E-state index in [9.17, 15) is 4.79 Å². The van der Waals surface area contributed by atoms with Crippen molar-refractivity contribution in [3.05, 3.63) is 59.7 Å². The Hall–Kier alpha value is -2.89. The quantitative estimate of drug-likeness (QED) is 0.693. The average molecular weight is 310 g/mol. The number of imidazole rings is 1. The van der Waals surface area contributed by atoms with Gasteiger partial charge in [0.2, 0.25) is 0 Å². The highest BCUT2D eigenvalue weighted by Crippen LogP contribution is 2.12. The van der Waals surface area contributed by atoms with E-state index in [2.05, 4.69) is 9.97 Å². The van der Waals surface area contributed by atoms with Gasteiger partial charge in [0.1, 0.15) is 18.1 Å². The molecule has 0 amide bonds. The maximum atomic E-state index is 12.1. The van der Waals surface area contributed by atoms with Gasteiger partial charge in [-0.3, -0.25) is 0 Å². The van der Waals surface area contributed by atoms with Crippen LogP contribution in [0.1, 0.15) is 21.6 Å². The van der Waals surface area contributed by atoms with Gasteiger partial charge in [-0.05, 0) is 30.7 Å². The Kier molecular flexibility index (Phi) is 3.97. The molecule has 3 aromatic heterocycles. The Morgan fingerprint density at radius 3 is 2.78 bits per heavy atom. The standard InChI is InChI=1S/C17H18N4O2/c1-12-5-4-8-21-10-14(19-16(12)21)11-23-17(22)13-6-7-15(18-9-13)20(2)3/h4-10H,11H2,1-3H3. The fourth-order valence-electron chi connectivity index (χ4n) is 2.27. The average Bonchev–Trinajstić information content (AvgIpc) is 2.97. The summed E-state index contributed by atoms with van der Waals surface area (Å²) in [7, 11) is 3.79. The minimum atomic E-state index is -0.406. The molecule has 3 aromatic rings. The molecule has 0 aliphatic rings. The highest BCUT2D eigenvalue weighted by Gasteiger charge is 2.10. The first-order valence-electron chi connectivity index (χ1n) is 7.28. The minimum absolute atomic E-state index is 0.134. The van der Waals surface area contributed by atoms with Gasteiger partial charge in [-0.2, -0.15) is 0 Å². The Bertz CT molecular complexity index is 837. The summed E-state index contributed by atoms with van der Waals surface area (Å²) in [6.07, 6.45) is 5.30. The van der Waals surface area contributed by atoms with E-state index in [1.54, 1.807) is 12.1 Å². The van der Waals surface area contributed by atoms with Crippen LogP contribution >= 0.6 is 0 Å². The number of rotatable bonds is 4. The number of carbonyl (C=O) groups is 1.